The van der Waals surface area contributed by atoms with Crippen LogP contribution in [0.3, 0.4) is 0 Å². The molecule has 30 heavy (non-hydrogen) atoms. The van der Waals surface area contributed by atoms with Gasteiger partial charge in [-0.15, -0.1) is 0 Å². The number of carbonyl (C=O) groups is 1. The molecule has 1 N–H and O–H groups in total. The van der Waals surface area contributed by atoms with Gasteiger partial charge in [0, 0.05) is 18.8 Å². The summed E-state index contributed by atoms with van der Waals surface area (Å²) in [5.41, 5.74) is 1.21. The van der Waals surface area contributed by atoms with Crippen LogP contribution < -0.4 is 10.2 Å². The van der Waals surface area contributed by atoms with Crippen LogP contribution in [0.1, 0.15) is 19.8 Å². The molecule has 9 heteroatoms. The van der Waals surface area contributed by atoms with Crippen LogP contribution in [-0.4, -0.2) is 36.3 Å². The van der Waals surface area contributed by atoms with E-state index in [-0.39, 0.29) is 22.2 Å². The lowest BCUT2D eigenvalue weighted by Gasteiger charge is -2.29. The largest absolute Gasteiger partial charge is 0.325 e. The van der Waals surface area contributed by atoms with Crippen LogP contribution in [0.2, 0.25) is 0 Å². The van der Waals surface area contributed by atoms with Gasteiger partial charge in [0.1, 0.15) is 6.54 Å². The van der Waals surface area contributed by atoms with Crippen molar-refractivity contribution >= 4 is 43.2 Å². The molecule has 4 rings (SSSR count). The molecule has 1 aromatic heterocycles. The van der Waals surface area contributed by atoms with Gasteiger partial charge in [-0.25, -0.2) is 8.42 Å². The molecule has 0 atom stereocenters. The minimum Gasteiger partial charge on any atom is -0.325 e. The zero-order chi connectivity index (χ0) is 21.3. The third-order valence-corrected chi connectivity index (χ3v) is 8.27. The number of rotatable bonds is 5. The predicted molar refractivity (Wildman–Crippen MR) is 118 cm³/mol. The highest BCUT2D eigenvalue weighted by Crippen LogP contribution is 2.24. The second-order valence-electron chi connectivity index (χ2n) is 7.58. The average molecular weight is 446 g/mol. The number of amides is 1. The number of benzene rings is 2. The first kappa shape index (κ1) is 20.8. The number of para-hydroxylation sites is 1. The molecular formula is C21H23N3O4S2. The lowest BCUT2D eigenvalue weighted by atomic mass is 10.0. The lowest BCUT2D eigenvalue weighted by Crippen LogP contribution is -2.37. The fraction of sp³-hybridized carbons (Fsp3) is 0.333. The third kappa shape index (κ3) is 4.19. The van der Waals surface area contributed by atoms with Crippen LogP contribution in [0.4, 0.5) is 5.69 Å². The van der Waals surface area contributed by atoms with Crippen molar-refractivity contribution < 1.29 is 13.2 Å². The normalized spacial score (nSPS) is 16.0. The topological polar surface area (TPSA) is 88.5 Å². The molecule has 0 aliphatic carbocycles. The van der Waals surface area contributed by atoms with E-state index in [0.29, 0.717) is 24.7 Å². The molecule has 0 unspecified atom stereocenters. The molecule has 7 nitrogen and oxygen atoms in total. The van der Waals surface area contributed by atoms with Crippen molar-refractivity contribution in [3.8, 4) is 0 Å². The number of nitrogens with zero attached hydrogens (tertiary/aromatic N) is 2. The van der Waals surface area contributed by atoms with E-state index in [0.717, 1.165) is 34.4 Å². The number of hydrogen-bond donors (Lipinski definition) is 1. The summed E-state index contributed by atoms with van der Waals surface area (Å²) in [6, 6.07) is 13.5. The van der Waals surface area contributed by atoms with Crippen molar-refractivity contribution in [2.75, 3.05) is 18.4 Å². The third-order valence-electron chi connectivity index (χ3n) is 5.39. The number of sulfonamides is 1. The number of anilines is 1. The van der Waals surface area contributed by atoms with Gasteiger partial charge in [0.05, 0.1) is 15.1 Å². The van der Waals surface area contributed by atoms with Gasteiger partial charge < -0.3 is 5.32 Å². The first-order valence-corrected chi connectivity index (χ1v) is 12.1. The van der Waals surface area contributed by atoms with Crippen molar-refractivity contribution in [3.05, 3.63) is 58.2 Å². The van der Waals surface area contributed by atoms with Crippen molar-refractivity contribution in [1.29, 1.82) is 0 Å². The fourth-order valence-corrected chi connectivity index (χ4v) is 5.95. The summed E-state index contributed by atoms with van der Waals surface area (Å²) in [5.74, 6) is 0.197. The minimum absolute atomic E-state index is 0.102. The Hall–Kier alpha value is -2.49. The van der Waals surface area contributed by atoms with Crippen molar-refractivity contribution in [3.63, 3.8) is 0 Å². The van der Waals surface area contributed by atoms with Crippen LogP contribution in [0.5, 0.6) is 0 Å². The molecular weight excluding hydrogens is 422 g/mol. The maximum Gasteiger partial charge on any atom is 0.308 e. The first-order valence-electron chi connectivity index (χ1n) is 9.83. The van der Waals surface area contributed by atoms with E-state index in [9.17, 15) is 18.0 Å². The Labute approximate surface area is 179 Å². The predicted octanol–water partition coefficient (Wildman–Crippen LogP) is 3.12. The average Bonchev–Trinajstić information content (AvgIpc) is 3.04. The number of thiazole rings is 1. The zero-order valence-corrected chi connectivity index (χ0v) is 18.2. The SMILES string of the molecule is CC1CCN(S(=O)(=O)c2ccc(NC(=O)Cn3c(=O)sc4ccccc43)cc2)CC1. The Morgan fingerprint density at radius 1 is 1.10 bits per heavy atom. The molecule has 0 radical (unpaired) electrons. The standard InChI is InChI=1S/C21H23N3O4S2/c1-15-10-12-23(13-11-15)30(27,28)17-8-6-16(7-9-17)22-20(25)14-24-18-4-2-3-5-19(18)29-21(24)26/h2-9,15H,10-14H2,1H3,(H,22,25). The second kappa shape index (κ2) is 8.33. The summed E-state index contributed by atoms with van der Waals surface area (Å²) in [4.78, 5) is 24.7. The lowest BCUT2D eigenvalue weighted by molar-refractivity contribution is -0.116. The molecule has 1 saturated heterocycles. The van der Waals surface area contributed by atoms with Crippen molar-refractivity contribution in [2.24, 2.45) is 5.92 Å². The molecule has 1 amide bonds. The highest BCUT2D eigenvalue weighted by Gasteiger charge is 2.27. The monoisotopic (exact) mass is 445 g/mol. The summed E-state index contributed by atoms with van der Waals surface area (Å²) in [6.45, 7) is 3.10. The molecule has 2 heterocycles. The summed E-state index contributed by atoms with van der Waals surface area (Å²) < 4.78 is 29.4. The van der Waals surface area contributed by atoms with E-state index >= 15 is 0 Å². The number of aromatic nitrogens is 1. The number of piperidine rings is 1. The van der Waals surface area contributed by atoms with Crippen LogP contribution in [0.15, 0.2) is 58.2 Å². The highest BCUT2D eigenvalue weighted by molar-refractivity contribution is 7.89. The van der Waals surface area contributed by atoms with E-state index in [1.165, 1.54) is 21.0 Å². The van der Waals surface area contributed by atoms with Gasteiger partial charge >= 0.3 is 4.87 Å². The molecule has 0 saturated carbocycles. The van der Waals surface area contributed by atoms with Gasteiger partial charge in [0.15, 0.2) is 0 Å². The van der Waals surface area contributed by atoms with Gasteiger partial charge in [-0.1, -0.05) is 30.4 Å². The zero-order valence-electron chi connectivity index (χ0n) is 16.6. The minimum atomic E-state index is -3.53. The van der Waals surface area contributed by atoms with Gasteiger partial charge in [0.2, 0.25) is 15.9 Å². The summed E-state index contributed by atoms with van der Waals surface area (Å²) >= 11 is 1.10. The highest BCUT2D eigenvalue weighted by atomic mass is 32.2. The number of fused-ring (bicyclic) bond motifs is 1. The van der Waals surface area contributed by atoms with Gasteiger partial charge in [0.25, 0.3) is 0 Å². The molecule has 1 aliphatic heterocycles. The quantitative estimate of drug-likeness (QED) is 0.654. The Kier molecular flexibility index (Phi) is 5.77. The van der Waals surface area contributed by atoms with Crippen LogP contribution in [0.25, 0.3) is 10.2 Å². The van der Waals surface area contributed by atoms with Gasteiger partial charge in [-0.2, -0.15) is 4.31 Å². The molecule has 0 spiro atoms. The maximum atomic E-state index is 12.8. The molecule has 158 valence electrons. The Morgan fingerprint density at radius 3 is 2.47 bits per heavy atom. The van der Waals surface area contributed by atoms with E-state index in [4.69, 9.17) is 0 Å². The maximum absolute atomic E-state index is 12.8. The molecule has 0 bridgehead atoms. The Balaban J connectivity index is 1.45. The molecule has 2 aromatic carbocycles. The number of hydrogen-bond acceptors (Lipinski definition) is 5. The molecule has 3 aromatic rings. The number of nitrogens with one attached hydrogen (secondary N) is 1. The smallest absolute Gasteiger partial charge is 0.308 e. The number of carbonyl (C=O) groups excluding carboxylic acids is 1. The van der Waals surface area contributed by atoms with Crippen LogP contribution in [0, 0.1) is 5.92 Å². The van der Waals surface area contributed by atoms with Gasteiger partial charge in [-0.05, 0) is 55.2 Å². The Bertz CT molecular complexity index is 1220. The molecule has 1 fully saturated rings. The summed E-state index contributed by atoms with van der Waals surface area (Å²) in [6.07, 6.45) is 1.73. The van der Waals surface area contributed by atoms with Crippen LogP contribution >= 0.6 is 11.3 Å². The Morgan fingerprint density at radius 2 is 1.77 bits per heavy atom. The summed E-state index contributed by atoms with van der Waals surface area (Å²) in [7, 11) is -3.53. The van der Waals surface area contributed by atoms with Crippen molar-refractivity contribution in [2.45, 2.75) is 31.2 Å². The van der Waals surface area contributed by atoms with Gasteiger partial charge in [-0.3, -0.25) is 14.2 Å². The second-order valence-corrected chi connectivity index (χ2v) is 10.5. The van der Waals surface area contributed by atoms with Crippen LogP contribution in [-0.2, 0) is 21.4 Å². The van der Waals surface area contributed by atoms with E-state index in [1.54, 1.807) is 12.1 Å². The molecule has 1 aliphatic rings. The fourth-order valence-electron chi connectivity index (χ4n) is 3.59. The van der Waals surface area contributed by atoms with E-state index in [1.807, 2.05) is 24.3 Å². The van der Waals surface area contributed by atoms with Crippen molar-refractivity contribution in [1.82, 2.24) is 8.87 Å². The van der Waals surface area contributed by atoms with E-state index < -0.39 is 10.0 Å². The summed E-state index contributed by atoms with van der Waals surface area (Å²) in [5, 5.41) is 2.73. The first-order chi connectivity index (χ1) is 14.3. The van der Waals surface area contributed by atoms with E-state index in [2.05, 4.69) is 12.2 Å².